The van der Waals surface area contributed by atoms with Gasteiger partial charge < -0.3 is 9.72 Å². The number of rotatable bonds is 3. The van der Waals surface area contributed by atoms with Crippen molar-refractivity contribution in [3.05, 3.63) is 83.0 Å². The van der Waals surface area contributed by atoms with Crippen LogP contribution in [0, 0.1) is 0 Å². The minimum Gasteiger partial charge on any atom is -0.320 e. The maximum Gasteiger partial charge on any atom is 0.276 e. The molecule has 26 heavy (non-hydrogen) atoms. The van der Waals surface area contributed by atoms with Gasteiger partial charge in [0.25, 0.3) is 11.5 Å². The highest BCUT2D eigenvalue weighted by Gasteiger charge is 2.14. The summed E-state index contributed by atoms with van der Waals surface area (Å²) in [5.41, 5.74) is 2.89. The van der Waals surface area contributed by atoms with Crippen LogP contribution in [0.1, 0.15) is 10.5 Å². The molecule has 1 N–H and O–H groups in total. The number of imidazole rings is 1. The molecule has 7 nitrogen and oxygen atoms in total. The Morgan fingerprint density at radius 3 is 2.65 bits per heavy atom. The first-order chi connectivity index (χ1) is 12.6. The van der Waals surface area contributed by atoms with Gasteiger partial charge in [0.1, 0.15) is 11.3 Å². The number of anilines is 1. The van der Waals surface area contributed by atoms with Crippen LogP contribution >= 0.6 is 0 Å². The van der Waals surface area contributed by atoms with Crippen LogP contribution in [0.5, 0.6) is 0 Å². The van der Waals surface area contributed by atoms with E-state index >= 15 is 0 Å². The van der Waals surface area contributed by atoms with E-state index in [0.29, 0.717) is 5.69 Å². The number of carbonyl (C=O) groups excluding carboxylic acids is 1. The predicted octanol–water partition coefficient (Wildman–Crippen LogP) is 2.35. The number of aryl methyl sites for hydroxylation is 1. The summed E-state index contributed by atoms with van der Waals surface area (Å²) >= 11 is 0. The van der Waals surface area contributed by atoms with Crippen LogP contribution in [0.25, 0.3) is 16.9 Å². The van der Waals surface area contributed by atoms with Crippen molar-refractivity contribution in [1.29, 1.82) is 0 Å². The Hall–Kier alpha value is -3.74. The molecule has 0 saturated heterocycles. The first-order valence-corrected chi connectivity index (χ1v) is 8.01. The summed E-state index contributed by atoms with van der Waals surface area (Å²) in [5.74, 6) is -0.392. The molecule has 1 amide bonds. The third-order valence-corrected chi connectivity index (χ3v) is 4.01. The Kier molecular flexibility index (Phi) is 3.81. The van der Waals surface area contributed by atoms with E-state index in [2.05, 4.69) is 15.4 Å². The number of nitrogens with one attached hydrogen (secondary N) is 1. The Bertz CT molecular complexity index is 1140. The SMILES string of the molecule is Cn1nc(C(=O)Nc2ccccc2-c2cn3ccccc3n2)ccc1=O. The molecule has 0 spiro atoms. The molecule has 0 fully saturated rings. The molecule has 0 saturated carbocycles. The number of aromatic nitrogens is 4. The molecule has 7 heteroatoms. The molecule has 0 radical (unpaired) electrons. The number of benzene rings is 1. The van der Waals surface area contributed by atoms with E-state index in [1.807, 2.05) is 53.2 Å². The first-order valence-electron chi connectivity index (χ1n) is 8.01. The number of pyridine rings is 1. The molecule has 4 rings (SSSR count). The quantitative estimate of drug-likeness (QED) is 0.618. The second kappa shape index (κ2) is 6.29. The molecule has 0 bridgehead atoms. The fraction of sp³-hybridized carbons (Fsp3) is 0.0526. The second-order valence-electron chi connectivity index (χ2n) is 5.77. The molecule has 0 aliphatic carbocycles. The van der Waals surface area contributed by atoms with Gasteiger partial charge in [0.15, 0.2) is 0 Å². The zero-order valence-electron chi connectivity index (χ0n) is 14.0. The second-order valence-corrected chi connectivity index (χ2v) is 5.77. The van der Waals surface area contributed by atoms with Crippen molar-refractivity contribution >= 4 is 17.2 Å². The van der Waals surface area contributed by atoms with Gasteiger partial charge in [-0.3, -0.25) is 9.59 Å². The molecule has 0 unspecified atom stereocenters. The van der Waals surface area contributed by atoms with Crippen LogP contribution in [0.4, 0.5) is 5.69 Å². The average Bonchev–Trinajstić information content (AvgIpc) is 3.08. The lowest BCUT2D eigenvalue weighted by Crippen LogP contribution is -2.23. The first kappa shape index (κ1) is 15.8. The van der Waals surface area contributed by atoms with Gasteiger partial charge in [-0.15, -0.1) is 0 Å². The van der Waals surface area contributed by atoms with Gasteiger partial charge in [0, 0.05) is 31.1 Å². The van der Waals surface area contributed by atoms with Crippen LogP contribution < -0.4 is 10.9 Å². The van der Waals surface area contributed by atoms with Crippen molar-refractivity contribution in [2.45, 2.75) is 0 Å². The Morgan fingerprint density at radius 2 is 1.85 bits per heavy atom. The minimum atomic E-state index is -0.392. The maximum atomic E-state index is 12.5. The van der Waals surface area contributed by atoms with E-state index in [1.54, 1.807) is 6.07 Å². The number of amides is 1. The van der Waals surface area contributed by atoms with Gasteiger partial charge >= 0.3 is 0 Å². The highest BCUT2D eigenvalue weighted by molar-refractivity contribution is 6.04. The molecule has 3 aromatic heterocycles. The third-order valence-electron chi connectivity index (χ3n) is 4.01. The van der Waals surface area contributed by atoms with Gasteiger partial charge in [0.05, 0.1) is 11.4 Å². The van der Waals surface area contributed by atoms with Crippen molar-refractivity contribution < 1.29 is 4.79 Å². The maximum absolute atomic E-state index is 12.5. The predicted molar refractivity (Wildman–Crippen MR) is 98.1 cm³/mol. The van der Waals surface area contributed by atoms with E-state index in [9.17, 15) is 9.59 Å². The Labute approximate surface area is 148 Å². The van der Waals surface area contributed by atoms with E-state index in [-0.39, 0.29) is 11.3 Å². The average molecular weight is 345 g/mol. The molecular formula is C19H15N5O2. The monoisotopic (exact) mass is 345 g/mol. The molecule has 128 valence electrons. The smallest absolute Gasteiger partial charge is 0.276 e. The molecule has 0 atom stereocenters. The van der Waals surface area contributed by atoms with Crippen molar-refractivity contribution in [2.75, 3.05) is 5.32 Å². The topological polar surface area (TPSA) is 81.3 Å². The summed E-state index contributed by atoms with van der Waals surface area (Å²) in [5, 5.41) is 6.83. The Morgan fingerprint density at radius 1 is 1.04 bits per heavy atom. The fourth-order valence-corrected chi connectivity index (χ4v) is 2.69. The van der Waals surface area contributed by atoms with Crippen LogP contribution in [0.3, 0.4) is 0 Å². The summed E-state index contributed by atoms with van der Waals surface area (Å²) in [6.07, 6.45) is 3.83. The molecule has 0 aliphatic heterocycles. The highest BCUT2D eigenvalue weighted by Crippen LogP contribution is 2.27. The van der Waals surface area contributed by atoms with E-state index in [0.717, 1.165) is 21.6 Å². The molecular weight excluding hydrogens is 330 g/mol. The zero-order chi connectivity index (χ0) is 18.1. The van der Waals surface area contributed by atoms with Crippen LogP contribution in [0.2, 0.25) is 0 Å². The van der Waals surface area contributed by atoms with E-state index in [4.69, 9.17) is 0 Å². The zero-order valence-corrected chi connectivity index (χ0v) is 14.0. The molecule has 4 aromatic rings. The fourth-order valence-electron chi connectivity index (χ4n) is 2.69. The number of nitrogens with zero attached hydrogens (tertiary/aromatic N) is 4. The summed E-state index contributed by atoms with van der Waals surface area (Å²) in [4.78, 5) is 28.6. The molecule has 0 aliphatic rings. The molecule has 1 aromatic carbocycles. The number of carbonyl (C=O) groups is 1. The standard InChI is InChI=1S/C19H15N5O2/c1-23-18(25)10-9-15(22-23)19(26)21-14-7-3-2-6-13(14)16-12-24-11-5-4-8-17(24)20-16/h2-12H,1H3,(H,21,26). The lowest BCUT2D eigenvalue weighted by molar-refractivity contribution is 0.102. The van der Waals surface area contributed by atoms with Crippen molar-refractivity contribution in [3.63, 3.8) is 0 Å². The van der Waals surface area contributed by atoms with E-state index < -0.39 is 5.91 Å². The largest absolute Gasteiger partial charge is 0.320 e. The van der Waals surface area contributed by atoms with Crippen molar-refractivity contribution in [1.82, 2.24) is 19.2 Å². The summed E-state index contributed by atoms with van der Waals surface area (Å²) < 4.78 is 3.05. The van der Waals surface area contributed by atoms with Gasteiger partial charge in [0.2, 0.25) is 0 Å². The normalized spacial score (nSPS) is 10.8. The van der Waals surface area contributed by atoms with Crippen LogP contribution in [0.15, 0.2) is 71.8 Å². The lowest BCUT2D eigenvalue weighted by atomic mass is 10.1. The minimum absolute atomic E-state index is 0.164. The number of hydrogen-bond acceptors (Lipinski definition) is 4. The summed E-state index contributed by atoms with van der Waals surface area (Å²) in [7, 11) is 1.50. The summed E-state index contributed by atoms with van der Waals surface area (Å²) in [6.45, 7) is 0. The van der Waals surface area contributed by atoms with Gasteiger partial charge in [-0.1, -0.05) is 24.3 Å². The summed E-state index contributed by atoms with van der Waals surface area (Å²) in [6, 6.07) is 15.9. The van der Waals surface area contributed by atoms with Gasteiger partial charge in [-0.25, -0.2) is 9.67 Å². The van der Waals surface area contributed by atoms with Crippen molar-refractivity contribution in [3.8, 4) is 11.3 Å². The van der Waals surface area contributed by atoms with Crippen LogP contribution in [-0.2, 0) is 7.05 Å². The molecule has 3 heterocycles. The van der Waals surface area contributed by atoms with Gasteiger partial charge in [-0.2, -0.15) is 5.10 Å². The third kappa shape index (κ3) is 2.86. The lowest BCUT2D eigenvalue weighted by Gasteiger charge is -2.09. The number of fused-ring (bicyclic) bond motifs is 1. The Balaban J connectivity index is 1.70. The number of para-hydroxylation sites is 1. The van der Waals surface area contributed by atoms with Crippen LogP contribution in [-0.4, -0.2) is 25.1 Å². The van der Waals surface area contributed by atoms with Crippen molar-refractivity contribution in [2.24, 2.45) is 7.05 Å². The number of hydrogen-bond donors (Lipinski definition) is 1. The van der Waals surface area contributed by atoms with Gasteiger partial charge in [-0.05, 0) is 24.3 Å². The highest BCUT2D eigenvalue weighted by atomic mass is 16.2. The van der Waals surface area contributed by atoms with E-state index in [1.165, 1.54) is 19.2 Å².